The Morgan fingerprint density at radius 3 is 2.29 bits per heavy atom. The molecule has 2 aromatic rings. The Labute approximate surface area is 125 Å². The van der Waals surface area contributed by atoms with Crippen LogP contribution in [0, 0.1) is 0 Å². The molecule has 0 fully saturated rings. The zero-order chi connectivity index (χ0) is 15.2. The summed E-state index contributed by atoms with van der Waals surface area (Å²) < 4.78 is 10.3. The lowest BCUT2D eigenvalue weighted by Crippen LogP contribution is -2.24. The maximum absolute atomic E-state index is 10.4. The first-order valence-corrected chi connectivity index (χ1v) is 6.81. The van der Waals surface area contributed by atoms with E-state index >= 15 is 0 Å². The lowest BCUT2D eigenvalue weighted by atomic mass is 10.1. The van der Waals surface area contributed by atoms with Crippen molar-refractivity contribution in [1.82, 2.24) is 0 Å². The molecule has 0 saturated carbocycles. The maximum atomic E-state index is 10.4. The van der Waals surface area contributed by atoms with E-state index in [4.69, 9.17) is 9.47 Å². The highest BCUT2D eigenvalue weighted by Gasteiger charge is 2.12. The Bertz CT molecular complexity index is 569. The van der Waals surface area contributed by atoms with E-state index in [-0.39, 0.29) is 0 Å². The minimum atomic E-state index is -0.577. The van der Waals surface area contributed by atoms with Crippen molar-refractivity contribution in [2.75, 3.05) is 32.7 Å². The molecule has 0 aliphatic carbocycles. The topological polar surface area (TPSA) is 41.9 Å². The number of anilines is 1. The third kappa shape index (κ3) is 3.89. The van der Waals surface area contributed by atoms with E-state index in [1.54, 1.807) is 14.2 Å². The number of aliphatic hydroxyl groups is 1. The van der Waals surface area contributed by atoms with Crippen LogP contribution in [0.3, 0.4) is 0 Å². The summed E-state index contributed by atoms with van der Waals surface area (Å²) in [7, 11) is 5.21. The second-order valence-corrected chi connectivity index (χ2v) is 4.87. The van der Waals surface area contributed by atoms with Gasteiger partial charge in [0.25, 0.3) is 0 Å². The minimum absolute atomic E-state index is 0.500. The summed E-state index contributed by atoms with van der Waals surface area (Å²) in [6, 6.07) is 15.2. The molecule has 0 amide bonds. The van der Waals surface area contributed by atoms with Gasteiger partial charge in [-0.3, -0.25) is 0 Å². The number of methoxy groups -OCH3 is 2. The molecule has 1 N–H and O–H groups in total. The minimum Gasteiger partial charge on any atom is -0.497 e. The summed E-state index contributed by atoms with van der Waals surface area (Å²) in [6.45, 7) is 0.500. The molecule has 0 saturated heterocycles. The summed E-state index contributed by atoms with van der Waals surface area (Å²) in [5.41, 5.74) is 1.87. The Morgan fingerprint density at radius 2 is 1.67 bits per heavy atom. The van der Waals surface area contributed by atoms with Crippen molar-refractivity contribution in [2.24, 2.45) is 0 Å². The number of hydrogen-bond donors (Lipinski definition) is 1. The van der Waals surface area contributed by atoms with Crippen LogP contribution in [0.25, 0.3) is 0 Å². The van der Waals surface area contributed by atoms with Crippen molar-refractivity contribution in [3.63, 3.8) is 0 Å². The summed E-state index contributed by atoms with van der Waals surface area (Å²) in [4.78, 5) is 2.00. The first kappa shape index (κ1) is 15.2. The molecule has 4 heteroatoms. The fraction of sp³-hybridized carbons (Fsp3) is 0.294. The lowest BCUT2D eigenvalue weighted by molar-refractivity contribution is 0.184. The van der Waals surface area contributed by atoms with Crippen molar-refractivity contribution < 1.29 is 14.6 Å². The molecule has 0 bridgehead atoms. The van der Waals surface area contributed by atoms with Crippen LogP contribution in [-0.2, 0) is 0 Å². The molecule has 0 aromatic heterocycles. The van der Waals surface area contributed by atoms with Crippen LogP contribution in [0.1, 0.15) is 11.7 Å². The molecule has 1 unspecified atom stereocenters. The molecule has 1 atom stereocenters. The first-order valence-electron chi connectivity index (χ1n) is 6.81. The van der Waals surface area contributed by atoms with Crippen LogP contribution in [0.15, 0.2) is 48.5 Å². The molecule has 0 heterocycles. The highest BCUT2D eigenvalue weighted by atomic mass is 16.5. The Kier molecular flexibility index (Phi) is 5.06. The highest BCUT2D eigenvalue weighted by molar-refractivity contribution is 5.48. The largest absolute Gasteiger partial charge is 0.497 e. The second-order valence-electron chi connectivity index (χ2n) is 4.87. The molecular weight excluding hydrogens is 266 g/mol. The van der Waals surface area contributed by atoms with Gasteiger partial charge >= 0.3 is 0 Å². The first-order chi connectivity index (χ1) is 10.1. The lowest BCUT2D eigenvalue weighted by Gasteiger charge is -2.23. The van der Waals surface area contributed by atoms with E-state index < -0.39 is 6.10 Å². The van der Waals surface area contributed by atoms with E-state index in [2.05, 4.69) is 0 Å². The molecule has 2 aromatic carbocycles. The fourth-order valence-electron chi connectivity index (χ4n) is 2.16. The van der Waals surface area contributed by atoms with Gasteiger partial charge in [0.15, 0.2) is 0 Å². The summed E-state index contributed by atoms with van der Waals surface area (Å²) in [5, 5.41) is 10.4. The average molecular weight is 287 g/mol. The van der Waals surface area contributed by atoms with Gasteiger partial charge in [0.1, 0.15) is 11.5 Å². The number of hydrogen-bond acceptors (Lipinski definition) is 4. The summed E-state index contributed by atoms with van der Waals surface area (Å²) >= 11 is 0. The quantitative estimate of drug-likeness (QED) is 0.887. The van der Waals surface area contributed by atoms with Crippen LogP contribution in [-0.4, -0.2) is 32.9 Å². The number of benzene rings is 2. The molecule has 112 valence electrons. The monoisotopic (exact) mass is 287 g/mol. The smallest absolute Gasteiger partial charge is 0.119 e. The highest BCUT2D eigenvalue weighted by Crippen LogP contribution is 2.23. The number of ether oxygens (including phenoxy) is 2. The maximum Gasteiger partial charge on any atom is 0.119 e. The van der Waals surface area contributed by atoms with Crippen LogP contribution in [0.5, 0.6) is 11.5 Å². The van der Waals surface area contributed by atoms with Gasteiger partial charge in [-0.1, -0.05) is 12.1 Å². The van der Waals surface area contributed by atoms with Crippen molar-refractivity contribution >= 4 is 5.69 Å². The van der Waals surface area contributed by atoms with Crippen molar-refractivity contribution in [1.29, 1.82) is 0 Å². The standard InChI is InChI=1S/C17H21NO3/c1-18(14-7-9-15(20-2)10-8-14)12-17(19)13-5-4-6-16(11-13)21-3/h4-11,17,19H,12H2,1-3H3. The molecule has 0 aliphatic rings. The fourth-order valence-corrected chi connectivity index (χ4v) is 2.16. The van der Waals surface area contributed by atoms with Crippen LogP contribution >= 0.6 is 0 Å². The summed E-state index contributed by atoms with van der Waals surface area (Å²) in [6.07, 6.45) is -0.577. The van der Waals surface area contributed by atoms with Crippen molar-refractivity contribution in [3.05, 3.63) is 54.1 Å². The van der Waals surface area contributed by atoms with Gasteiger partial charge in [-0.15, -0.1) is 0 Å². The van der Waals surface area contributed by atoms with Gasteiger partial charge in [0.2, 0.25) is 0 Å². The third-order valence-electron chi connectivity index (χ3n) is 3.44. The molecule has 0 radical (unpaired) electrons. The van der Waals surface area contributed by atoms with Gasteiger partial charge in [0, 0.05) is 19.3 Å². The van der Waals surface area contributed by atoms with Gasteiger partial charge < -0.3 is 19.5 Å². The van der Waals surface area contributed by atoms with Crippen molar-refractivity contribution in [3.8, 4) is 11.5 Å². The van der Waals surface area contributed by atoms with Gasteiger partial charge in [-0.25, -0.2) is 0 Å². The predicted molar refractivity (Wildman–Crippen MR) is 84.2 cm³/mol. The third-order valence-corrected chi connectivity index (χ3v) is 3.44. The molecule has 4 nitrogen and oxygen atoms in total. The number of aliphatic hydroxyl groups excluding tert-OH is 1. The van der Waals surface area contributed by atoms with Gasteiger partial charge in [-0.05, 0) is 42.0 Å². The normalized spacial score (nSPS) is 11.8. The second kappa shape index (κ2) is 6.99. The van der Waals surface area contributed by atoms with Crippen LogP contribution < -0.4 is 14.4 Å². The number of nitrogens with zero attached hydrogens (tertiary/aromatic N) is 1. The van der Waals surface area contributed by atoms with Crippen molar-refractivity contribution in [2.45, 2.75) is 6.10 Å². The Hall–Kier alpha value is -2.20. The van der Waals surface area contributed by atoms with E-state index in [1.807, 2.05) is 60.5 Å². The molecule has 2 rings (SSSR count). The van der Waals surface area contributed by atoms with Crippen LogP contribution in [0.2, 0.25) is 0 Å². The summed E-state index contributed by atoms with van der Waals surface area (Å²) in [5.74, 6) is 1.57. The average Bonchev–Trinajstić information content (AvgIpc) is 2.54. The Balaban J connectivity index is 2.04. The van der Waals surface area contributed by atoms with E-state index in [0.717, 1.165) is 22.7 Å². The zero-order valence-corrected chi connectivity index (χ0v) is 12.6. The number of rotatable bonds is 6. The Morgan fingerprint density at radius 1 is 1.00 bits per heavy atom. The molecule has 21 heavy (non-hydrogen) atoms. The van der Waals surface area contributed by atoms with E-state index in [9.17, 15) is 5.11 Å². The molecule has 0 spiro atoms. The molecule has 0 aliphatic heterocycles. The van der Waals surface area contributed by atoms with E-state index in [0.29, 0.717) is 6.54 Å². The van der Waals surface area contributed by atoms with Gasteiger partial charge in [-0.2, -0.15) is 0 Å². The van der Waals surface area contributed by atoms with Crippen LogP contribution in [0.4, 0.5) is 5.69 Å². The zero-order valence-electron chi connectivity index (χ0n) is 12.6. The SMILES string of the molecule is COc1ccc(N(C)CC(O)c2cccc(OC)c2)cc1. The predicted octanol–water partition coefficient (Wildman–Crippen LogP) is 2.87. The van der Waals surface area contributed by atoms with Gasteiger partial charge in [0.05, 0.1) is 20.3 Å². The molecular formula is C17H21NO3. The van der Waals surface area contributed by atoms with E-state index in [1.165, 1.54) is 0 Å². The number of likely N-dealkylation sites (N-methyl/N-ethyl adjacent to an activating group) is 1.